The number of carbonyl (C=O) groups excluding carboxylic acids is 1. The summed E-state index contributed by atoms with van der Waals surface area (Å²) in [6.45, 7) is 4.40. The van der Waals surface area contributed by atoms with Crippen molar-refractivity contribution in [3.05, 3.63) is 52.8 Å². The van der Waals surface area contributed by atoms with Gasteiger partial charge in [0, 0.05) is 13.0 Å². The van der Waals surface area contributed by atoms with Gasteiger partial charge in [-0.2, -0.15) is 4.99 Å². The van der Waals surface area contributed by atoms with E-state index in [0.29, 0.717) is 16.0 Å². The van der Waals surface area contributed by atoms with Crippen LogP contribution in [0.4, 0.5) is 0 Å². The van der Waals surface area contributed by atoms with Crippen LogP contribution >= 0.6 is 11.3 Å². The van der Waals surface area contributed by atoms with Crippen LogP contribution in [0.3, 0.4) is 0 Å². The van der Waals surface area contributed by atoms with Crippen LogP contribution in [0, 0.1) is 6.92 Å². The van der Waals surface area contributed by atoms with E-state index in [-0.39, 0.29) is 22.0 Å². The van der Waals surface area contributed by atoms with Gasteiger partial charge in [0.2, 0.25) is 15.9 Å². The molecule has 2 aromatic carbocycles. The van der Waals surface area contributed by atoms with Crippen LogP contribution < -0.4 is 9.94 Å². The van der Waals surface area contributed by atoms with Crippen LogP contribution in [-0.4, -0.2) is 33.1 Å². The standard InChI is InChI=1S/C20H23N3O5S3/c1-3-11-23-17-9-8-16(31(21,27)28)13-18(17)29-20(23)22-19(24)10-12-30(25,26)15-6-4-14(2)5-7-15/h4-9,13H,3,10-12H2,1-2H3,(H2,21,27,28). The van der Waals surface area contributed by atoms with E-state index < -0.39 is 25.8 Å². The fourth-order valence-electron chi connectivity index (χ4n) is 3.00. The highest BCUT2D eigenvalue weighted by Crippen LogP contribution is 2.21. The Morgan fingerprint density at radius 1 is 1.06 bits per heavy atom. The molecule has 1 aromatic heterocycles. The van der Waals surface area contributed by atoms with Gasteiger partial charge in [0.15, 0.2) is 14.6 Å². The zero-order valence-electron chi connectivity index (χ0n) is 17.1. The second-order valence-corrected chi connectivity index (χ2v) is 11.8. The monoisotopic (exact) mass is 481 g/mol. The zero-order chi connectivity index (χ0) is 22.8. The van der Waals surface area contributed by atoms with Gasteiger partial charge in [0.25, 0.3) is 0 Å². The third-order valence-electron chi connectivity index (χ3n) is 4.62. The second-order valence-electron chi connectivity index (χ2n) is 7.10. The number of amides is 1. The molecule has 0 aliphatic carbocycles. The molecular formula is C20H23N3O5S3. The number of aromatic nitrogens is 1. The van der Waals surface area contributed by atoms with Crippen molar-refractivity contribution in [3.63, 3.8) is 0 Å². The SMILES string of the molecule is CCCn1c(=NC(=O)CCS(=O)(=O)c2ccc(C)cc2)sc2cc(S(N)(=O)=O)ccc21. The largest absolute Gasteiger partial charge is 0.316 e. The number of carbonyl (C=O) groups is 1. The Hall–Kier alpha value is -2.34. The van der Waals surface area contributed by atoms with Crippen molar-refractivity contribution in [2.45, 2.75) is 43.0 Å². The summed E-state index contributed by atoms with van der Waals surface area (Å²) in [6, 6.07) is 11.0. The van der Waals surface area contributed by atoms with E-state index in [1.165, 1.54) is 24.3 Å². The molecule has 166 valence electrons. The minimum absolute atomic E-state index is 0.0213. The van der Waals surface area contributed by atoms with E-state index in [4.69, 9.17) is 5.14 Å². The predicted octanol–water partition coefficient (Wildman–Crippen LogP) is 2.36. The van der Waals surface area contributed by atoms with Crippen molar-refractivity contribution in [1.82, 2.24) is 4.57 Å². The number of rotatable bonds is 7. The molecule has 0 unspecified atom stereocenters. The molecule has 0 aliphatic rings. The lowest BCUT2D eigenvalue weighted by atomic mass is 10.2. The third kappa shape index (κ3) is 5.48. The van der Waals surface area contributed by atoms with Crippen molar-refractivity contribution in [2.24, 2.45) is 10.1 Å². The molecule has 3 aromatic rings. The Morgan fingerprint density at radius 3 is 2.32 bits per heavy atom. The molecule has 11 heteroatoms. The zero-order valence-corrected chi connectivity index (χ0v) is 19.6. The van der Waals surface area contributed by atoms with Crippen LogP contribution in [0.2, 0.25) is 0 Å². The topological polar surface area (TPSA) is 129 Å². The molecule has 0 fully saturated rings. The number of nitrogens with two attached hydrogens (primary N) is 1. The van der Waals surface area contributed by atoms with E-state index in [2.05, 4.69) is 4.99 Å². The van der Waals surface area contributed by atoms with Gasteiger partial charge in [0.05, 0.1) is 25.8 Å². The van der Waals surface area contributed by atoms with Crippen molar-refractivity contribution >= 4 is 47.3 Å². The van der Waals surface area contributed by atoms with Gasteiger partial charge < -0.3 is 4.57 Å². The van der Waals surface area contributed by atoms with Gasteiger partial charge in [-0.1, -0.05) is 36.0 Å². The number of fused-ring (bicyclic) bond motifs is 1. The van der Waals surface area contributed by atoms with Gasteiger partial charge in [-0.05, 0) is 43.7 Å². The first-order valence-electron chi connectivity index (χ1n) is 9.54. The van der Waals surface area contributed by atoms with E-state index in [1.807, 2.05) is 18.4 Å². The molecule has 0 aliphatic heterocycles. The minimum Gasteiger partial charge on any atom is -0.316 e. The third-order valence-corrected chi connectivity index (χ3v) is 8.30. The number of hydrogen-bond donors (Lipinski definition) is 1. The number of benzene rings is 2. The molecule has 0 bridgehead atoms. The lowest BCUT2D eigenvalue weighted by Gasteiger charge is -2.04. The average Bonchev–Trinajstić information content (AvgIpc) is 3.03. The number of sulfone groups is 1. The summed E-state index contributed by atoms with van der Waals surface area (Å²) < 4.78 is 50.7. The molecule has 1 heterocycles. The van der Waals surface area contributed by atoms with Crippen LogP contribution in [0.15, 0.2) is 57.2 Å². The Labute approximate surface area is 185 Å². The highest BCUT2D eigenvalue weighted by molar-refractivity contribution is 7.91. The van der Waals surface area contributed by atoms with E-state index >= 15 is 0 Å². The fourth-order valence-corrected chi connectivity index (χ4v) is 5.96. The number of aryl methyl sites for hydroxylation is 2. The summed E-state index contributed by atoms with van der Waals surface area (Å²) in [5, 5.41) is 5.20. The number of primary sulfonamides is 1. The first kappa shape index (κ1) is 23.3. The van der Waals surface area contributed by atoms with E-state index in [1.54, 1.807) is 18.2 Å². The molecule has 0 saturated heterocycles. The van der Waals surface area contributed by atoms with Crippen LogP contribution in [0.1, 0.15) is 25.3 Å². The van der Waals surface area contributed by atoms with Gasteiger partial charge in [-0.15, -0.1) is 0 Å². The molecule has 0 radical (unpaired) electrons. The minimum atomic E-state index is -3.85. The highest BCUT2D eigenvalue weighted by Gasteiger charge is 2.17. The van der Waals surface area contributed by atoms with Crippen LogP contribution in [0.5, 0.6) is 0 Å². The molecular weight excluding hydrogens is 458 g/mol. The molecule has 0 spiro atoms. The lowest BCUT2D eigenvalue weighted by molar-refractivity contribution is -0.117. The summed E-state index contributed by atoms with van der Waals surface area (Å²) >= 11 is 1.16. The van der Waals surface area contributed by atoms with Gasteiger partial charge in [-0.25, -0.2) is 22.0 Å². The second kappa shape index (κ2) is 9.03. The Kier molecular flexibility index (Phi) is 6.79. The number of thiazole rings is 1. The van der Waals surface area contributed by atoms with Gasteiger partial charge in [0.1, 0.15) is 0 Å². The Bertz CT molecular complexity index is 1400. The van der Waals surface area contributed by atoms with Gasteiger partial charge >= 0.3 is 0 Å². The maximum atomic E-state index is 12.5. The summed E-state index contributed by atoms with van der Waals surface area (Å²) in [4.78, 5) is 17.1. The highest BCUT2D eigenvalue weighted by atomic mass is 32.2. The predicted molar refractivity (Wildman–Crippen MR) is 120 cm³/mol. The molecule has 0 saturated carbocycles. The summed E-state index contributed by atoms with van der Waals surface area (Å²) in [6.07, 6.45) is 0.519. The van der Waals surface area contributed by atoms with Gasteiger partial charge in [-0.3, -0.25) is 4.79 Å². The molecule has 2 N–H and O–H groups in total. The number of sulfonamides is 1. The Morgan fingerprint density at radius 2 is 1.71 bits per heavy atom. The van der Waals surface area contributed by atoms with Crippen molar-refractivity contribution in [2.75, 3.05) is 5.75 Å². The average molecular weight is 482 g/mol. The first-order valence-corrected chi connectivity index (χ1v) is 13.6. The lowest BCUT2D eigenvalue weighted by Crippen LogP contribution is -2.18. The maximum Gasteiger partial charge on any atom is 0.249 e. The van der Waals surface area contributed by atoms with E-state index in [0.717, 1.165) is 28.8 Å². The quantitative estimate of drug-likeness (QED) is 0.554. The van der Waals surface area contributed by atoms with Crippen molar-refractivity contribution in [1.29, 1.82) is 0 Å². The smallest absolute Gasteiger partial charge is 0.249 e. The molecule has 1 amide bonds. The molecule has 31 heavy (non-hydrogen) atoms. The number of hydrogen-bond acceptors (Lipinski definition) is 6. The van der Waals surface area contributed by atoms with Crippen LogP contribution in [0.25, 0.3) is 10.2 Å². The molecule has 3 rings (SSSR count). The summed E-state index contributed by atoms with van der Waals surface area (Å²) in [5.74, 6) is -0.897. The van der Waals surface area contributed by atoms with Crippen molar-refractivity contribution < 1.29 is 21.6 Å². The molecule has 0 atom stereocenters. The van der Waals surface area contributed by atoms with Crippen LogP contribution in [-0.2, 0) is 31.2 Å². The fraction of sp³-hybridized carbons (Fsp3) is 0.300. The van der Waals surface area contributed by atoms with Crippen molar-refractivity contribution in [3.8, 4) is 0 Å². The maximum absolute atomic E-state index is 12.5. The number of nitrogens with zero attached hydrogens (tertiary/aromatic N) is 2. The first-order chi connectivity index (χ1) is 14.5. The normalized spacial score (nSPS) is 13.1. The summed E-state index contributed by atoms with van der Waals surface area (Å²) in [7, 11) is -7.45. The Balaban J connectivity index is 1.90. The summed E-state index contributed by atoms with van der Waals surface area (Å²) in [5.41, 5.74) is 1.68. The molecule has 8 nitrogen and oxygen atoms in total. The van der Waals surface area contributed by atoms with E-state index in [9.17, 15) is 21.6 Å².